The van der Waals surface area contributed by atoms with Crippen molar-refractivity contribution in [3.05, 3.63) is 0 Å². The van der Waals surface area contributed by atoms with Gasteiger partial charge in [0.15, 0.2) is 0 Å². The van der Waals surface area contributed by atoms with E-state index in [9.17, 15) is 4.79 Å². The Balaban J connectivity index is 1.61. The van der Waals surface area contributed by atoms with E-state index in [1.807, 2.05) is 0 Å². The predicted octanol–water partition coefficient (Wildman–Crippen LogP) is 1.80. The molecule has 16 heavy (non-hydrogen) atoms. The lowest BCUT2D eigenvalue weighted by Gasteiger charge is -2.35. The smallest absolute Gasteiger partial charge is 0.315 e. The first-order valence-corrected chi connectivity index (χ1v) is 6.37. The second-order valence-corrected chi connectivity index (χ2v) is 4.98. The standard InChI is InChI=1S/C12H22N2O2/c1-16-11-7-10(8-11)14-12(15)13-9-5-3-2-4-6-9/h9-11H,2-8H2,1H3,(H2,13,14,15). The maximum atomic E-state index is 11.6. The second kappa shape index (κ2) is 5.53. The summed E-state index contributed by atoms with van der Waals surface area (Å²) in [6, 6.07) is 0.715. The summed E-state index contributed by atoms with van der Waals surface area (Å²) >= 11 is 0. The van der Waals surface area contributed by atoms with Crippen LogP contribution in [0.3, 0.4) is 0 Å². The van der Waals surface area contributed by atoms with E-state index in [-0.39, 0.29) is 6.03 Å². The Hall–Kier alpha value is -0.770. The van der Waals surface area contributed by atoms with Crippen molar-refractivity contribution in [3.8, 4) is 0 Å². The largest absolute Gasteiger partial charge is 0.381 e. The first kappa shape index (κ1) is 11.7. The second-order valence-electron chi connectivity index (χ2n) is 4.98. The zero-order valence-electron chi connectivity index (χ0n) is 10.00. The molecule has 0 aliphatic heterocycles. The molecule has 2 rings (SSSR count). The van der Waals surface area contributed by atoms with Crippen LogP contribution < -0.4 is 10.6 Å². The van der Waals surface area contributed by atoms with Gasteiger partial charge < -0.3 is 15.4 Å². The van der Waals surface area contributed by atoms with Gasteiger partial charge in [-0.15, -0.1) is 0 Å². The number of amides is 2. The van der Waals surface area contributed by atoms with Gasteiger partial charge in [0.1, 0.15) is 0 Å². The molecule has 0 aromatic heterocycles. The van der Waals surface area contributed by atoms with Gasteiger partial charge in [-0.3, -0.25) is 0 Å². The highest BCUT2D eigenvalue weighted by Crippen LogP contribution is 2.22. The van der Waals surface area contributed by atoms with Crippen molar-refractivity contribution in [2.45, 2.75) is 63.1 Å². The van der Waals surface area contributed by atoms with Crippen LogP contribution in [0.15, 0.2) is 0 Å². The molecule has 2 N–H and O–H groups in total. The molecular formula is C12H22N2O2. The predicted molar refractivity (Wildman–Crippen MR) is 62.4 cm³/mol. The SMILES string of the molecule is COC1CC(NC(=O)NC2CCCCC2)C1. The van der Waals surface area contributed by atoms with Gasteiger partial charge in [-0.05, 0) is 25.7 Å². The monoisotopic (exact) mass is 226 g/mol. The molecule has 0 atom stereocenters. The van der Waals surface area contributed by atoms with E-state index >= 15 is 0 Å². The number of carbonyl (C=O) groups excluding carboxylic acids is 1. The van der Waals surface area contributed by atoms with Crippen LogP contribution in [-0.2, 0) is 4.74 Å². The number of nitrogens with one attached hydrogen (secondary N) is 2. The number of methoxy groups -OCH3 is 1. The van der Waals surface area contributed by atoms with Crippen molar-refractivity contribution in [1.29, 1.82) is 0 Å². The molecule has 0 aromatic rings. The molecule has 0 radical (unpaired) electrons. The van der Waals surface area contributed by atoms with Crippen molar-refractivity contribution in [1.82, 2.24) is 10.6 Å². The van der Waals surface area contributed by atoms with Gasteiger partial charge in [-0.2, -0.15) is 0 Å². The molecule has 2 fully saturated rings. The Labute approximate surface area is 97.1 Å². The lowest BCUT2D eigenvalue weighted by Crippen LogP contribution is -2.52. The van der Waals surface area contributed by atoms with Crippen molar-refractivity contribution >= 4 is 6.03 Å². The van der Waals surface area contributed by atoms with E-state index in [0.29, 0.717) is 18.2 Å². The molecule has 0 saturated heterocycles. The molecule has 2 aliphatic carbocycles. The fourth-order valence-electron chi connectivity index (χ4n) is 2.54. The minimum Gasteiger partial charge on any atom is -0.381 e. The number of hydrogen-bond acceptors (Lipinski definition) is 2. The summed E-state index contributed by atoms with van der Waals surface area (Å²) in [5.74, 6) is 0. The molecule has 92 valence electrons. The zero-order chi connectivity index (χ0) is 11.4. The van der Waals surface area contributed by atoms with E-state index in [2.05, 4.69) is 10.6 Å². The number of rotatable bonds is 3. The number of urea groups is 1. The van der Waals surface area contributed by atoms with Crippen LogP contribution in [0.4, 0.5) is 4.79 Å². The molecule has 2 amide bonds. The Morgan fingerprint density at radius 1 is 1.06 bits per heavy atom. The van der Waals surface area contributed by atoms with Crippen LogP contribution in [0.5, 0.6) is 0 Å². The van der Waals surface area contributed by atoms with E-state index in [1.54, 1.807) is 7.11 Å². The maximum Gasteiger partial charge on any atom is 0.315 e. The summed E-state index contributed by atoms with van der Waals surface area (Å²) in [4.78, 5) is 11.6. The summed E-state index contributed by atoms with van der Waals surface area (Å²) in [5, 5.41) is 6.06. The molecule has 0 unspecified atom stereocenters. The van der Waals surface area contributed by atoms with E-state index in [1.165, 1.54) is 19.3 Å². The molecular weight excluding hydrogens is 204 g/mol. The fraction of sp³-hybridized carbons (Fsp3) is 0.917. The van der Waals surface area contributed by atoms with Crippen molar-refractivity contribution in [2.24, 2.45) is 0 Å². The van der Waals surface area contributed by atoms with Crippen LogP contribution in [0.25, 0.3) is 0 Å². The molecule has 0 aromatic carbocycles. The third kappa shape index (κ3) is 3.11. The number of carbonyl (C=O) groups is 1. The summed E-state index contributed by atoms with van der Waals surface area (Å²) in [6.07, 6.45) is 8.35. The lowest BCUT2D eigenvalue weighted by atomic mass is 9.89. The normalized spacial score (nSPS) is 30.6. The first-order chi connectivity index (χ1) is 7.78. The van der Waals surface area contributed by atoms with Gasteiger partial charge in [0.25, 0.3) is 0 Å². The van der Waals surface area contributed by atoms with Crippen molar-refractivity contribution < 1.29 is 9.53 Å². The van der Waals surface area contributed by atoms with Gasteiger partial charge >= 0.3 is 6.03 Å². The van der Waals surface area contributed by atoms with Gasteiger partial charge in [-0.25, -0.2) is 4.79 Å². The molecule has 0 spiro atoms. The highest BCUT2D eigenvalue weighted by atomic mass is 16.5. The Morgan fingerprint density at radius 3 is 2.31 bits per heavy atom. The summed E-state index contributed by atoms with van der Waals surface area (Å²) in [6.45, 7) is 0. The van der Waals surface area contributed by atoms with Crippen LogP contribution in [0.1, 0.15) is 44.9 Å². The average molecular weight is 226 g/mol. The molecule has 2 saturated carbocycles. The minimum atomic E-state index is 0.00598. The minimum absolute atomic E-state index is 0.00598. The van der Waals surface area contributed by atoms with Gasteiger partial charge in [0.2, 0.25) is 0 Å². The summed E-state index contributed by atoms with van der Waals surface area (Å²) in [7, 11) is 1.73. The molecule has 4 heteroatoms. The number of ether oxygens (including phenoxy) is 1. The summed E-state index contributed by atoms with van der Waals surface area (Å²) in [5.41, 5.74) is 0. The highest BCUT2D eigenvalue weighted by Gasteiger charge is 2.30. The third-order valence-corrected chi connectivity index (χ3v) is 3.70. The first-order valence-electron chi connectivity index (χ1n) is 6.37. The lowest BCUT2D eigenvalue weighted by molar-refractivity contribution is 0.0204. The fourth-order valence-corrected chi connectivity index (χ4v) is 2.54. The van der Waals surface area contributed by atoms with E-state index in [0.717, 1.165) is 25.7 Å². The maximum absolute atomic E-state index is 11.6. The van der Waals surface area contributed by atoms with Crippen LogP contribution >= 0.6 is 0 Å². The summed E-state index contributed by atoms with van der Waals surface area (Å²) < 4.78 is 5.18. The van der Waals surface area contributed by atoms with Gasteiger partial charge in [-0.1, -0.05) is 19.3 Å². The average Bonchev–Trinajstić information content (AvgIpc) is 2.24. The highest BCUT2D eigenvalue weighted by molar-refractivity contribution is 5.74. The molecule has 2 aliphatic rings. The van der Waals surface area contributed by atoms with E-state index in [4.69, 9.17) is 4.74 Å². The van der Waals surface area contributed by atoms with Crippen molar-refractivity contribution in [2.75, 3.05) is 7.11 Å². The van der Waals surface area contributed by atoms with Crippen LogP contribution in [-0.4, -0.2) is 31.3 Å². The number of hydrogen-bond donors (Lipinski definition) is 2. The molecule has 4 nitrogen and oxygen atoms in total. The van der Waals surface area contributed by atoms with E-state index < -0.39 is 0 Å². The zero-order valence-corrected chi connectivity index (χ0v) is 10.00. The molecule has 0 heterocycles. The Bertz CT molecular complexity index is 233. The Morgan fingerprint density at radius 2 is 1.69 bits per heavy atom. The quantitative estimate of drug-likeness (QED) is 0.771. The molecule has 0 bridgehead atoms. The third-order valence-electron chi connectivity index (χ3n) is 3.70. The van der Waals surface area contributed by atoms with Crippen LogP contribution in [0.2, 0.25) is 0 Å². The van der Waals surface area contributed by atoms with Crippen molar-refractivity contribution in [3.63, 3.8) is 0 Å². The van der Waals surface area contributed by atoms with Crippen LogP contribution in [0, 0.1) is 0 Å². The Kier molecular flexibility index (Phi) is 4.04. The van der Waals surface area contributed by atoms with Gasteiger partial charge in [0, 0.05) is 19.2 Å². The topological polar surface area (TPSA) is 50.4 Å². The van der Waals surface area contributed by atoms with Gasteiger partial charge in [0.05, 0.1) is 6.10 Å².